The van der Waals surface area contributed by atoms with Crippen LogP contribution in [-0.2, 0) is 44.6 Å². The number of carbonyl (C=O) groups excluding carboxylic acids is 4. The van der Waals surface area contributed by atoms with Crippen molar-refractivity contribution in [2.45, 2.75) is 113 Å². The van der Waals surface area contributed by atoms with E-state index in [1.165, 1.54) is 31.9 Å². The molecule has 15 heteroatoms. The van der Waals surface area contributed by atoms with Crippen molar-refractivity contribution in [3.63, 3.8) is 0 Å². The molecule has 0 fully saturated rings. The summed E-state index contributed by atoms with van der Waals surface area (Å²) in [4.78, 5) is 50.7. The van der Waals surface area contributed by atoms with Gasteiger partial charge in [-0.1, -0.05) is 91.1 Å². The number of esters is 1. The number of rotatable bonds is 12. The van der Waals surface area contributed by atoms with E-state index in [-0.39, 0.29) is 59.8 Å². The monoisotopic (exact) mass is 789 g/mol. The first kappa shape index (κ1) is 47.1. The second-order valence-corrected chi connectivity index (χ2v) is 14.2. The normalized spacial score (nSPS) is 13.9. The van der Waals surface area contributed by atoms with E-state index in [1.54, 1.807) is 31.2 Å². The molecule has 0 aliphatic heterocycles. The second kappa shape index (κ2) is 22.5. The van der Waals surface area contributed by atoms with Gasteiger partial charge in [0, 0.05) is 11.1 Å². The fourth-order valence-corrected chi connectivity index (χ4v) is 5.54. The Labute approximate surface area is 325 Å². The van der Waals surface area contributed by atoms with Crippen LogP contribution < -0.4 is 10.6 Å². The number of ether oxygens (including phenoxy) is 1. The maximum Gasteiger partial charge on any atom is 0.418 e. The van der Waals surface area contributed by atoms with E-state index < -0.39 is 29.6 Å². The summed E-state index contributed by atoms with van der Waals surface area (Å²) >= 11 is 0. The molecule has 0 saturated carbocycles. The number of hydrogen-bond acceptors (Lipinski definition) is 8. The van der Waals surface area contributed by atoms with Crippen molar-refractivity contribution in [2.24, 2.45) is 11.3 Å². The largest absolute Gasteiger partial charge is 0.460 e. The Morgan fingerprint density at radius 3 is 2.30 bits per heavy atom. The number of H-pyrrole nitrogens is 1. The maximum atomic E-state index is 13.1. The number of unbranched alkanes of at least 4 members (excludes halogenated alkanes) is 1. The van der Waals surface area contributed by atoms with Crippen molar-refractivity contribution in [1.82, 2.24) is 25.8 Å². The second-order valence-electron chi connectivity index (χ2n) is 14.2. The summed E-state index contributed by atoms with van der Waals surface area (Å²) in [5.41, 5.74) is 2.23. The van der Waals surface area contributed by atoms with Crippen LogP contribution in [0.25, 0.3) is 10.9 Å². The lowest BCUT2D eigenvalue weighted by atomic mass is 9.76. The third-order valence-corrected chi connectivity index (χ3v) is 9.01. The first-order valence-corrected chi connectivity index (χ1v) is 18.8. The number of aromatic nitrogens is 3. The number of fused-ring (bicyclic) bond motifs is 3. The minimum Gasteiger partial charge on any atom is -0.460 e. The van der Waals surface area contributed by atoms with E-state index in [9.17, 15) is 36.7 Å². The highest BCUT2D eigenvalue weighted by atomic mass is 19.4. The van der Waals surface area contributed by atoms with Crippen LogP contribution in [0.4, 0.5) is 17.6 Å². The van der Waals surface area contributed by atoms with Gasteiger partial charge in [0.2, 0.25) is 18.2 Å². The average Bonchev–Trinajstić information content (AvgIpc) is 3.79. The number of nitrogens with zero attached hydrogens (tertiary/aromatic N) is 2. The van der Waals surface area contributed by atoms with E-state index >= 15 is 0 Å². The highest BCUT2D eigenvalue weighted by Gasteiger charge is 2.35. The van der Waals surface area contributed by atoms with Crippen LogP contribution >= 0.6 is 0 Å². The molecule has 308 valence electrons. The van der Waals surface area contributed by atoms with E-state index in [4.69, 9.17) is 9.26 Å². The van der Waals surface area contributed by atoms with E-state index in [0.29, 0.717) is 12.0 Å². The smallest absolute Gasteiger partial charge is 0.418 e. The summed E-state index contributed by atoms with van der Waals surface area (Å²) in [6.45, 7) is 15.9. The lowest BCUT2D eigenvalue weighted by molar-refractivity contribution is -0.136. The Bertz CT molecular complexity index is 1870. The number of hydrogen-bond donors (Lipinski definition) is 3. The molecule has 1 aliphatic rings. The highest BCUT2D eigenvalue weighted by molar-refractivity contribution is 5.88. The molecule has 56 heavy (non-hydrogen) atoms. The zero-order valence-corrected chi connectivity index (χ0v) is 33.5. The van der Waals surface area contributed by atoms with Gasteiger partial charge in [-0.2, -0.15) is 18.2 Å². The Morgan fingerprint density at radius 1 is 1.05 bits per heavy atom. The van der Waals surface area contributed by atoms with Crippen LogP contribution in [-0.4, -0.2) is 52.3 Å². The molecule has 2 amide bonds. The predicted octanol–water partition coefficient (Wildman–Crippen LogP) is 8.66. The van der Waals surface area contributed by atoms with Gasteiger partial charge in [-0.15, -0.1) is 0 Å². The first-order valence-electron chi connectivity index (χ1n) is 18.8. The third-order valence-electron chi connectivity index (χ3n) is 9.01. The van der Waals surface area contributed by atoms with E-state index in [2.05, 4.69) is 53.5 Å². The molecule has 5 rings (SSSR count). The van der Waals surface area contributed by atoms with Crippen LogP contribution in [0.15, 0.2) is 47.0 Å². The summed E-state index contributed by atoms with van der Waals surface area (Å²) in [6, 6.07) is 10.1. The lowest BCUT2D eigenvalue weighted by Gasteiger charge is -2.29. The fourth-order valence-electron chi connectivity index (χ4n) is 5.54. The van der Waals surface area contributed by atoms with Gasteiger partial charge in [-0.05, 0) is 72.9 Å². The molecular formula is C41H55F4N5O6. The minimum absolute atomic E-state index is 0.00666. The molecule has 0 saturated heterocycles. The van der Waals surface area contributed by atoms with Crippen molar-refractivity contribution in [3.8, 4) is 0 Å². The standard InChI is InChI=1S/C15H16F3N.C11H12FNO2.C11H17N3O4.C4H10/c1-14(2)7-6-12-10(8-14)9-4-3-5-11(13(9)19-12)15(16,17)18;1-8(14)7-13-11(15)6-9-4-2-3-5-10(9)12;1-4-7(3)8(12-6-15)10-13-9(14-18-10)11(16)17-5-2;1-3-4-2/h3-5,19H,6-8H2,1-2H3;2-5H,6-7H2,1H3,(H,13,15);6-8H,4-5H2,1-3H3,(H,12,15);3-4H2,1-2H3/t;;7?,8-;/m..0./s1. The van der Waals surface area contributed by atoms with Crippen LogP contribution in [0, 0.1) is 17.2 Å². The van der Waals surface area contributed by atoms with Gasteiger partial charge < -0.3 is 24.9 Å². The summed E-state index contributed by atoms with van der Waals surface area (Å²) < 4.78 is 61.9. The number of halogens is 4. The number of Topliss-reactive ketones (excluding diaryl/α,β-unsaturated/α-hetero) is 1. The van der Waals surface area contributed by atoms with Crippen molar-refractivity contribution < 1.29 is 46.0 Å². The van der Waals surface area contributed by atoms with Gasteiger partial charge >= 0.3 is 12.1 Å². The Hall–Kier alpha value is -5.08. The van der Waals surface area contributed by atoms with Gasteiger partial charge in [-0.25, -0.2) is 9.18 Å². The predicted molar refractivity (Wildman–Crippen MR) is 205 cm³/mol. The summed E-state index contributed by atoms with van der Waals surface area (Å²) in [7, 11) is 0. The summed E-state index contributed by atoms with van der Waals surface area (Å²) in [6.07, 6.45) is 2.36. The topological polar surface area (TPSA) is 156 Å². The quantitative estimate of drug-likeness (QED) is 0.0732. The molecule has 0 radical (unpaired) electrons. The summed E-state index contributed by atoms with van der Waals surface area (Å²) in [5.74, 6) is -1.33. The SMILES string of the molecule is CC(=O)CNC(=O)Cc1ccccc1F.CC1(C)CCc2[nH]c3c(C(F)(F)F)cccc3c2C1.CCCC.CCOC(=O)c1noc([C@@H](NC=O)C(C)CC)n1. The average molecular weight is 790 g/mol. The molecule has 2 heterocycles. The van der Waals surface area contributed by atoms with Crippen molar-refractivity contribution in [2.75, 3.05) is 13.2 Å². The molecular weight excluding hydrogens is 734 g/mol. The molecule has 0 spiro atoms. The molecule has 11 nitrogen and oxygen atoms in total. The number of nitrogens with one attached hydrogen (secondary N) is 3. The number of alkyl halides is 3. The molecule has 2 aromatic heterocycles. The Balaban J connectivity index is 0.000000278. The van der Waals surface area contributed by atoms with E-state index in [1.807, 2.05) is 13.8 Å². The zero-order valence-electron chi connectivity index (χ0n) is 33.5. The maximum absolute atomic E-state index is 13.1. The number of aromatic amines is 1. The third kappa shape index (κ3) is 14.5. The van der Waals surface area contributed by atoms with Crippen molar-refractivity contribution in [3.05, 3.63) is 82.4 Å². The molecule has 4 aromatic rings. The molecule has 1 aliphatic carbocycles. The number of benzene rings is 2. The van der Waals surface area contributed by atoms with Crippen LogP contribution in [0.1, 0.15) is 126 Å². The number of carbonyl (C=O) groups is 4. The van der Waals surface area contributed by atoms with Gasteiger partial charge in [0.15, 0.2) is 0 Å². The molecule has 1 unspecified atom stereocenters. The number of para-hydroxylation sites is 1. The Morgan fingerprint density at radius 2 is 1.73 bits per heavy atom. The van der Waals surface area contributed by atoms with Gasteiger partial charge in [0.1, 0.15) is 17.6 Å². The molecule has 2 atom stereocenters. The number of amides is 2. The minimum atomic E-state index is -4.30. The molecule has 2 aromatic carbocycles. The van der Waals surface area contributed by atoms with Crippen molar-refractivity contribution >= 4 is 35.0 Å². The molecule has 3 N–H and O–H groups in total. The van der Waals surface area contributed by atoms with Crippen molar-refractivity contribution in [1.29, 1.82) is 0 Å². The zero-order chi connectivity index (χ0) is 42.1. The van der Waals surface area contributed by atoms with E-state index in [0.717, 1.165) is 48.4 Å². The van der Waals surface area contributed by atoms with Crippen LogP contribution in [0.2, 0.25) is 0 Å². The highest BCUT2D eigenvalue weighted by Crippen LogP contribution is 2.41. The van der Waals surface area contributed by atoms with Crippen LogP contribution in [0.5, 0.6) is 0 Å². The lowest BCUT2D eigenvalue weighted by Crippen LogP contribution is -2.29. The summed E-state index contributed by atoms with van der Waals surface area (Å²) in [5, 5.41) is 9.28. The van der Waals surface area contributed by atoms with Gasteiger partial charge in [-0.3, -0.25) is 14.4 Å². The number of aryl methyl sites for hydroxylation is 1. The van der Waals surface area contributed by atoms with Crippen LogP contribution in [0.3, 0.4) is 0 Å². The first-order chi connectivity index (χ1) is 26.4. The van der Waals surface area contributed by atoms with Gasteiger partial charge in [0.05, 0.1) is 30.7 Å². The molecule has 0 bridgehead atoms. The Kier molecular flexibility index (Phi) is 18.9. The number of ketones is 1. The fraction of sp³-hybridized carbons (Fsp3) is 0.512. The van der Waals surface area contributed by atoms with Gasteiger partial charge in [0.25, 0.3) is 5.82 Å².